The molecule has 21 heavy (non-hydrogen) atoms. The second-order valence-electron chi connectivity index (χ2n) is 4.62. The molecule has 0 aliphatic carbocycles. The zero-order valence-corrected chi connectivity index (χ0v) is 11.9. The first-order valence-electron chi connectivity index (χ1n) is 6.63. The van der Waals surface area contributed by atoms with E-state index >= 15 is 0 Å². The summed E-state index contributed by atoms with van der Waals surface area (Å²) >= 11 is 0. The number of nitrogens with one attached hydrogen (secondary N) is 1. The fourth-order valence-corrected chi connectivity index (χ4v) is 2.13. The Kier molecular flexibility index (Phi) is 3.62. The third kappa shape index (κ3) is 2.76. The van der Waals surface area contributed by atoms with Crippen LogP contribution in [0.2, 0.25) is 0 Å². The van der Waals surface area contributed by atoms with Crippen LogP contribution in [0.15, 0.2) is 0 Å². The molecule has 1 aliphatic heterocycles. The van der Waals surface area contributed by atoms with Crippen LogP contribution in [0.4, 0.5) is 11.9 Å². The molecule has 1 aliphatic rings. The Hall–Kier alpha value is -2.33. The summed E-state index contributed by atoms with van der Waals surface area (Å²) in [6.07, 6.45) is 0. The molecule has 1 fully saturated rings. The molecule has 3 heterocycles. The lowest BCUT2D eigenvalue weighted by Crippen LogP contribution is -2.37. The van der Waals surface area contributed by atoms with Crippen molar-refractivity contribution in [1.29, 1.82) is 0 Å². The Morgan fingerprint density at radius 1 is 1.05 bits per heavy atom. The molecule has 0 amide bonds. The zero-order valence-electron chi connectivity index (χ0n) is 11.9. The van der Waals surface area contributed by atoms with E-state index in [1.54, 1.807) is 4.68 Å². The van der Waals surface area contributed by atoms with E-state index in [2.05, 4.69) is 30.5 Å². The average Bonchev–Trinajstić information content (AvgIpc) is 2.86. The molecule has 0 unspecified atom stereocenters. The predicted octanol–water partition coefficient (Wildman–Crippen LogP) is -0.809. The van der Waals surface area contributed by atoms with Gasteiger partial charge in [0.2, 0.25) is 11.9 Å². The summed E-state index contributed by atoms with van der Waals surface area (Å²) in [7, 11) is 0. The first-order chi connectivity index (χ1) is 10.2. The summed E-state index contributed by atoms with van der Waals surface area (Å²) in [5.41, 5.74) is 2.46. The minimum absolute atomic E-state index is 0.286. The first-order valence-corrected chi connectivity index (χ1v) is 6.63. The Balaban J connectivity index is 2.02. The summed E-state index contributed by atoms with van der Waals surface area (Å²) in [5, 5.41) is 4.28. The van der Waals surface area contributed by atoms with E-state index in [0.29, 0.717) is 36.8 Å². The third-order valence-electron chi connectivity index (χ3n) is 3.10. The maximum absolute atomic E-state index is 5.45. The van der Waals surface area contributed by atoms with Gasteiger partial charge in [-0.25, -0.2) is 10.8 Å². The van der Waals surface area contributed by atoms with Crippen LogP contribution in [0.3, 0.4) is 0 Å². The van der Waals surface area contributed by atoms with Gasteiger partial charge in [0, 0.05) is 13.1 Å². The molecule has 0 spiro atoms. The van der Waals surface area contributed by atoms with E-state index in [4.69, 9.17) is 10.6 Å². The van der Waals surface area contributed by atoms with Crippen molar-refractivity contribution in [1.82, 2.24) is 29.7 Å². The number of nitrogens with two attached hydrogens (primary N) is 1. The van der Waals surface area contributed by atoms with Crippen molar-refractivity contribution in [3.8, 4) is 5.95 Å². The van der Waals surface area contributed by atoms with E-state index in [-0.39, 0.29) is 5.95 Å². The number of morpholine rings is 1. The maximum atomic E-state index is 5.45. The number of aromatic nitrogens is 6. The predicted molar refractivity (Wildman–Crippen MR) is 75.1 cm³/mol. The van der Waals surface area contributed by atoms with Crippen molar-refractivity contribution in [3.63, 3.8) is 0 Å². The van der Waals surface area contributed by atoms with Crippen molar-refractivity contribution < 1.29 is 4.74 Å². The highest BCUT2D eigenvalue weighted by Crippen LogP contribution is 2.14. The van der Waals surface area contributed by atoms with Crippen molar-refractivity contribution in [2.24, 2.45) is 5.84 Å². The molecule has 3 N–H and O–H groups in total. The summed E-state index contributed by atoms with van der Waals surface area (Å²) in [6.45, 7) is 6.40. The number of hydrazine groups is 1. The van der Waals surface area contributed by atoms with Gasteiger partial charge >= 0.3 is 0 Å². The van der Waals surface area contributed by atoms with Crippen LogP contribution in [-0.4, -0.2) is 56.0 Å². The molecule has 112 valence electrons. The highest BCUT2D eigenvalue weighted by atomic mass is 16.5. The fourth-order valence-electron chi connectivity index (χ4n) is 2.13. The van der Waals surface area contributed by atoms with Crippen molar-refractivity contribution in [2.45, 2.75) is 13.8 Å². The molecule has 0 atom stereocenters. The van der Waals surface area contributed by atoms with Crippen LogP contribution in [0.25, 0.3) is 5.95 Å². The molecule has 3 rings (SSSR count). The third-order valence-corrected chi connectivity index (χ3v) is 3.10. The summed E-state index contributed by atoms with van der Waals surface area (Å²) in [6, 6.07) is 0. The molecule has 0 saturated carbocycles. The van der Waals surface area contributed by atoms with Gasteiger partial charge in [-0.05, 0) is 13.8 Å². The molecule has 0 radical (unpaired) electrons. The topological polar surface area (TPSA) is 120 Å². The van der Waals surface area contributed by atoms with Crippen molar-refractivity contribution >= 4 is 11.9 Å². The SMILES string of the molecule is Cc1nc(C)n(-c2nc(NN)nc(N3CCOCC3)n2)n1. The van der Waals surface area contributed by atoms with Crippen molar-refractivity contribution in [2.75, 3.05) is 36.6 Å². The lowest BCUT2D eigenvalue weighted by atomic mass is 10.4. The first kappa shape index (κ1) is 13.6. The molecule has 2 aromatic heterocycles. The van der Waals surface area contributed by atoms with Crippen LogP contribution in [0, 0.1) is 13.8 Å². The normalized spacial score (nSPS) is 15.3. The number of hydrogen-bond acceptors (Lipinski definition) is 9. The number of anilines is 2. The van der Waals surface area contributed by atoms with Gasteiger partial charge in [0.05, 0.1) is 13.2 Å². The summed E-state index contributed by atoms with van der Waals surface area (Å²) in [5.74, 6) is 8.02. The minimum atomic E-state index is 0.286. The summed E-state index contributed by atoms with van der Waals surface area (Å²) in [4.78, 5) is 19.3. The number of nitrogen functional groups attached to an aromatic ring is 1. The van der Waals surface area contributed by atoms with Gasteiger partial charge in [0.1, 0.15) is 11.6 Å². The minimum Gasteiger partial charge on any atom is -0.378 e. The lowest BCUT2D eigenvalue weighted by molar-refractivity contribution is 0.122. The number of aryl methyl sites for hydroxylation is 2. The lowest BCUT2D eigenvalue weighted by Gasteiger charge is -2.26. The fraction of sp³-hybridized carbons (Fsp3) is 0.545. The molecule has 2 aromatic rings. The quantitative estimate of drug-likeness (QED) is 0.552. The van der Waals surface area contributed by atoms with E-state index in [1.165, 1.54) is 0 Å². The number of nitrogens with zero attached hydrogens (tertiary/aromatic N) is 7. The number of hydrogen-bond donors (Lipinski definition) is 2. The van der Waals surface area contributed by atoms with Crippen LogP contribution in [0.1, 0.15) is 11.6 Å². The second kappa shape index (κ2) is 5.58. The smallest absolute Gasteiger partial charge is 0.258 e. The molecule has 0 aromatic carbocycles. The largest absolute Gasteiger partial charge is 0.378 e. The van der Waals surface area contributed by atoms with Crippen molar-refractivity contribution in [3.05, 3.63) is 11.6 Å². The van der Waals surface area contributed by atoms with Crippen LogP contribution in [-0.2, 0) is 4.74 Å². The van der Waals surface area contributed by atoms with E-state index in [0.717, 1.165) is 13.1 Å². The van der Waals surface area contributed by atoms with Gasteiger partial charge in [-0.2, -0.15) is 19.6 Å². The Bertz CT molecular complexity index is 635. The van der Waals surface area contributed by atoms with E-state index in [1.807, 2.05) is 18.7 Å². The molecular formula is C11H17N9O. The summed E-state index contributed by atoms with van der Waals surface area (Å²) < 4.78 is 6.91. The van der Waals surface area contributed by atoms with Gasteiger partial charge in [0.25, 0.3) is 5.95 Å². The standard InChI is InChI=1S/C11H17N9O/c1-7-13-8(2)20(18-7)11-15-9(17-12)14-10(16-11)19-3-5-21-6-4-19/h3-6,12H2,1-2H3,(H,14,15,16,17). The van der Waals surface area contributed by atoms with Gasteiger partial charge < -0.3 is 9.64 Å². The van der Waals surface area contributed by atoms with Gasteiger partial charge in [-0.3, -0.25) is 5.43 Å². The Labute approximate surface area is 121 Å². The van der Waals surface area contributed by atoms with Crippen LogP contribution in [0.5, 0.6) is 0 Å². The Morgan fingerprint density at radius 2 is 1.76 bits per heavy atom. The van der Waals surface area contributed by atoms with Crippen LogP contribution < -0.4 is 16.2 Å². The van der Waals surface area contributed by atoms with Crippen LogP contribution >= 0.6 is 0 Å². The highest BCUT2D eigenvalue weighted by molar-refractivity contribution is 5.39. The monoisotopic (exact) mass is 291 g/mol. The van der Waals surface area contributed by atoms with Gasteiger partial charge in [-0.15, -0.1) is 5.10 Å². The zero-order chi connectivity index (χ0) is 14.8. The molecule has 0 bridgehead atoms. The number of ether oxygens (including phenoxy) is 1. The molecule has 10 heteroatoms. The number of rotatable bonds is 3. The second-order valence-corrected chi connectivity index (χ2v) is 4.62. The molecular weight excluding hydrogens is 274 g/mol. The Morgan fingerprint density at radius 3 is 2.38 bits per heavy atom. The maximum Gasteiger partial charge on any atom is 0.258 e. The average molecular weight is 291 g/mol. The molecule has 10 nitrogen and oxygen atoms in total. The van der Waals surface area contributed by atoms with Gasteiger partial charge in [-0.1, -0.05) is 0 Å². The van der Waals surface area contributed by atoms with E-state index in [9.17, 15) is 0 Å². The molecule has 1 saturated heterocycles. The highest BCUT2D eigenvalue weighted by Gasteiger charge is 2.18. The van der Waals surface area contributed by atoms with Gasteiger partial charge in [0.15, 0.2) is 0 Å². The van der Waals surface area contributed by atoms with E-state index < -0.39 is 0 Å².